The summed E-state index contributed by atoms with van der Waals surface area (Å²) in [6.45, 7) is 3.12. The van der Waals surface area contributed by atoms with Gasteiger partial charge in [0.2, 0.25) is 5.91 Å². The van der Waals surface area contributed by atoms with Crippen molar-refractivity contribution in [2.75, 3.05) is 13.2 Å². The maximum atomic E-state index is 12.2. The van der Waals surface area contributed by atoms with Crippen LogP contribution in [0.3, 0.4) is 0 Å². The second-order valence-electron chi connectivity index (χ2n) is 5.89. The Balaban J connectivity index is 1.57. The summed E-state index contributed by atoms with van der Waals surface area (Å²) in [5, 5.41) is 7.13. The molecular formula is C18H23N3O3. The minimum absolute atomic E-state index is 0.0203. The lowest BCUT2D eigenvalue weighted by Crippen LogP contribution is -2.34. The standard InChI is InChI=1S/C18H23N3O3/c1-3-13-5-4-6-15-16(8-10-24-18(13)15)20-17(22)12-23-11-14-7-9-19-21(14)2/h4-7,9,16H,3,8,10-12H2,1-2H3,(H,20,22)/t16-/m1/s1. The first-order chi connectivity index (χ1) is 11.7. The first-order valence-corrected chi connectivity index (χ1v) is 8.27. The highest BCUT2D eigenvalue weighted by Crippen LogP contribution is 2.35. The van der Waals surface area contributed by atoms with Crippen LogP contribution in [-0.4, -0.2) is 28.9 Å². The molecule has 0 bridgehead atoms. The molecule has 1 aliphatic heterocycles. The lowest BCUT2D eigenvalue weighted by Gasteiger charge is -2.28. The molecule has 0 fully saturated rings. The van der Waals surface area contributed by atoms with Gasteiger partial charge in [-0.05, 0) is 18.1 Å². The molecular weight excluding hydrogens is 306 g/mol. The molecule has 1 amide bonds. The maximum Gasteiger partial charge on any atom is 0.246 e. The maximum absolute atomic E-state index is 12.2. The molecule has 0 radical (unpaired) electrons. The van der Waals surface area contributed by atoms with Crippen LogP contribution < -0.4 is 10.1 Å². The number of rotatable bonds is 6. The Morgan fingerprint density at radius 3 is 3.08 bits per heavy atom. The monoisotopic (exact) mass is 329 g/mol. The normalized spacial score (nSPS) is 16.3. The summed E-state index contributed by atoms with van der Waals surface area (Å²) in [6.07, 6.45) is 3.40. The number of aromatic nitrogens is 2. The Morgan fingerprint density at radius 1 is 1.46 bits per heavy atom. The van der Waals surface area contributed by atoms with Crippen LogP contribution >= 0.6 is 0 Å². The van der Waals surface area contributed by atoms with Crippen molar-refractivity contribution >= 4 is 5.91 Å². The van der Waals surface area contributed by atoms with Gasteiger partial charge in [-0.25, -0.2) is 0 Å². The smallest absolute Gasteiger partial charge is 0.246 e. The van der Waals surface area contributed by atoms with Gasteiger partial charge < -0.3 is 14.8 Å². The highest BCUT2D eigenvalue weighted by molar-refractivity contribution is 5.78. The highest BCUT2D eigenvalue weighted by Gasteiger charge is 2.24. The molecule has 128 valence electrons. The summed E-state index contributed by atoms with van der Waals surface area (Å²) >= 11 is 0. The van der Waals surface area contributed by atoms with Gasteiger partial charge in [0.25, 0.3) is 0 Å². The third-order valence-corrected chi connectivity index (χ3v) is 4.28. The molecule has 0 saturated carbocycles. The van der Waals surface area contributed by atoms with E-state index >= 15 is 0 Å². The minimum Gasteiger partial charge on any atom is -0.493 e. The van der Waals surface area contributed by atoms with E-state index in [4.69, 9.17) is 9.47 Å². The molecule has 6 nitrogen and oxygen atoms in total. The van der Waals surface area contributed by atoms with Gasteiger partial charge >= 0.3 is 0 Å². The Kier molecular flexibility index (Phi) is 5.15. The first-order valence-electron chi connectivity index (χ1n) is 8.27. The average molecular weight is 329 g/mol. The number of hydrogen-bond donors (Lipinski definition) is 1. The van der Waals surface area contributed by atoms with E-state index in [9.17, 15) is 4.79 Å². The molecule has 1 aromatic carbocycles. The van der Waals surface area contributed by atoms with Crippen LogP contribution in [0.5, 0.6) is 5.75 Å². The molecule has 0 spiro atoms. The van der Waals surface area contributed by atoms with Crippen molar-refractivity contribution in [2.24, 2.45) is 7.05 Å². The summed E-state index contributed by atoms with van der Waals surface area (Å²) < 4.78 is 13.0. The van der Waals surface area contributed by atoms with Gasteiger partial charge in [-0.15, -0.1) is 0 Å². The van der Waals surface area contributed by atoms with Crippen molar-refractivity contribution in [3.05, 3.63) is 47.3 Å². The molecule has 1 N–H and O–H groups in total. The molecule has 6 heteroatoms. The van der Waals surface area contributed by atoms with Crippen LogP contribution in [0.15, 0.2) is 30.5 Å². The summed E-state index contributed by atoms with van der Waals surface area (Å²) in [5.74, 6) is 0.810. The molecule has 0 saturated heterocycles. The van der Waals surface area contributed by atoms with Gasteiger partial charge in [-0.3, -0.25) is 9.48 Å². The molecule has 0 aliphatic carbocycles. The third-order valence-electron chi connectivity index (χ3n) is 4.28. The number of ether oxygens (including phenoxy) is 2. The van der Waals surface area contributed by atoms with Gasteiger partial charge in [0.15, 0.2) is 0 Å². The number of carbonyl (C=O) groups is 1. The van der Waals surface area contributed by atoms with Crippen LogP contribution in [0.2, 0.25) is 0 Å². The van der Waals surface area contributed by atoms with E-state index in [1.165, 1.54) is 5.56 Å². The number of nitrogens with one attached hydrogen (secondary N) is 1. The summed E-state index contributed by atoms with van der Waals surface area (Å²) in [5.41, 5.74) is 3.17. The number of para-hydroxylation sites is 1. The molecule has 0 unspecified atom stereocenters. The van der Waals surface area contributed by atoms with Gasteiger partial charge in [-0.2, -0.15) is 5.10 Å². The zero-order valence-corrected chi connectivity index (χ0v) is 14.1. The third kappa shape index (κ3) is 3.59. The largest absolute Gasteiger partial charge is 0.493 e. The number of carbonyl (C=O) groups excluding carboxylic acids is 1. The van der Waals surface area contributed by atoms with Crippen LogP contribution in [0.1, 0.15) is 36.2 Å². The van der Waals surface area contributed by atoms with Crippen molar-refractivity contribution in [1.29, 1.82) is 0 Å². The lowest BCUT2D eigenvalue weighted by molar-refractivity contribution is -0.127. The number of amides is 1. The summed E-state index contributed by atoms with van der Waals surface area (Å²) in [4.78, 5) is 12.2. The average Bonchev–Trinajstić information content (AvgIpc) is 3.00. The quantitative estimate of drug-likeness (QED) is 0.882. The second kappa shape index (κ2) is 7.49. The molecule has 3 rings (SSSR count). The molecule has 1 aromatic heterocycles. The van der Waals surface area contributed by atoms with E-state index in [2.05, 4.69) is 23.4 Å². The van der Waals surface area contributed by atoms with Crippen LogP contribution in [0.25, 0.3) is 0 Å². The van der Waals surface area contributed by atoms with E-state index in [0.29, 0.717) is 13.2 Å². The van der Waals surface area contributed by atoms with Crippen LogP contribution in [-0.2, 0) is 29.6 Å². The van der Waals surface area contributed by atoms with Crippen molar-refractivity contribution in [3.63, 3.8) is 0 Å². The Morgan fingerprint density at radius 2 is 2.33 bits per heavy atom. The van der Waals surface area contributed by atoms with Crippen molar-refractivity contribution in [2.45, 2.75) is 32.4 Å². The van der Waals surface area contributed by atoms with Gasteiger partial charge in [0.05, 0.1) is 24.9 Å². The first kappa shape index (κ1) is 16.5. The van der Waals surface area contributed by atoms with Gasteiger partial charge in [-0.1, -0.05) is 25.1 Å². The molecule has 2 heterocycles. The van der Waals surface area contributed by atoms with Crippen molar-refractivity contribution in [1.82, 2.24) is 15.1 Å². The fraction of sp³-hybridized carbons (Fsp3) is 0.444. The van der Waals surface area contributed by atoms with Crippen LogP contribution in [0.4, 0.5) is 0 Å². The Bertz CT molecular complexity index is 711. The number of hydrogen-bond acceptors (Lipinski definition) is 4. The fourth-order valence-corrected chi connectivity index (χ4v) is 2.95. The van der Waals surface area contributed by atoms with E-state index in [1.807, 2.05) is 25.2 Å². The molecule has 1 aliphatic rings. The van der Waals surface area contributed by atoms with Crippen molar-refractivity contribution < 1.29 is 14.3 Å². The number of fused-ring (bicyclic) bond motifs is 1. The number of benzene rings is 1. The molecule has 1 atom stereocenters. The predicted molar refractivity (Wildman–Crippen MR) is 89.7 cm³/mol. The number of nitrogens with zero attached hydrogens (tertiary/aromatic N) is 2. The molecule has 24 heavy (non-hydrogen) atoms. The zero-order valence-electron chi connectivity index (χ0n) is 14.1. The van der Waals surface area contributed by atoms with E-state index in [1.54, 1.807) is 10.9 Å². The van der Waals surface area contributed by atoms with E-state index < -0.39 is 0 Å². The van der Waals surface area contributed by atoms with Gasteiger partial charge in [0, 0.05) is 25.2 Å². The number of aryl methyl sites for hydroxylation is 2. The van der Waals surface area contributed by atoms with Gasteiger partial charge in [0.1, 0.15) is 12.4 Å². The predicted octanol–water partition coefficient (Wildman–Crippen LogP) is 2.14. The zero-order chi connectivity index (χ0) is 16.9. The summed E-state index contributed by atoms with van der Waals surface area (Å²) in [6, 6.07) is 7.96. The molecule has 2 aromatic rings. The second-order valence-corrected chi connectivity index (χ2v) is 5.89. The summed E-state index contributed by atoms with van der Waals surface area (Å²) in [7, 11) is 1.85. The topological polar surface area (TPSA) is 65.4 Å². The Labute approximate surface area is 141 Å². The minimum atomic E-state index is -0.114. The lowest BCUT2D eigenvalue weighted by atomic mass is 9.96. The van der Waals surface area contributed by atoms with E-state index in [0.717, 1.165) is 29.8 Å². The fourth-order valence-electron chi connectivity index (χ4n) is 2.95. The van der Waals surface area contributed by atoms with E-state index in [-0.39, 0.29) is 18.6 Å². The van der Waals surface area contributed by atoms with Crippen molar-refractivity contribution in [3.8, 4) is 5.75 Å². The highest BCUT2D eigenvalue weighted by atomic mass is 16.5. The van der Waals surface area contributed by atoms with Crippen LogP contribution in [0, 0.1) is 0 Å². The SMILES string of the molecule is CCc1cccc2c1OCC[C@H]2NC(=O)COCc1ccnn1C. The Hall–Kier alpha value is -2.34.